The highest BCUT2D eigenvalue weighted by Crippen LogP contribution is 1.94. The number of nitrogens with one attached hydrogen (secondary N) is 1. The third-order valence-electron chi connectivity index (χ3n) is 1.63. The second-order valence-corrected chi connectivity index (χ2v) is 4.56. The van der Waals surface area contributed by atoms with Crippen LogP contribution in [0.1, 0.15) is 34.6 Å². The van der Waals surface area contributed by atoms with Gasteiger partial charge in [-0.2, -0.15) is 0 Å². The van der Waals surface area contributed by atoms with E-state index in [0.29, 0.717) is 12.5 Å². The molecular weight excluding hydrogens is 190 g/mol. The van der Waals surface area contributed by atoms with E-state index < -0.39 is 0 Å². The molecule has 0 spiro atoms. The Morgan fingerprint density at radius 2 is 1.87 bits per heavy atom. The van der Waals surface area contributed by atoms with Crippen LogP contribution in [-0.4, -0.2) is 25.2 Å². The maximum Gasteiger partial charge on any atom is 0.244 e. The van der Waals surface area contributed by atoms with E-state index in [2.05, 4.69) is 19.2 Å². The molecule has 0 aromatic carbocycles. The standard InChI is InChI=1S/C12H23NO2/c1-9(2)6-12(14)13-11(5)8-15-7-10(3)4/h6,10-11H,7-8H2,1-5H3,(H,13,14). The minimum absolute atomic E-state index is 0.0457. The number of carbonyl (C=O) groups excluding carboxylic acids is 1. The Balaban J connectivity index is 3.69. The van der Waals surface area contributed by atoms with Crippen LogP contribution in [0.3, 0.4) is 0 Å². The van der Waals surface area contributed by atoms with Crippen molar-refractivity contribution in [2.24, 2.45) is 5.92 Å². The Hall–Kier alpha value is -0.830. The van der Waals surface area contributed by atoms with Crippen molar-refractivity contribution in [2.45, 2.75) is 40.7 Å². The van der Waals surface area contributed by atoms with E-state index in [1.54, 1.807) is 6.08 Å². The van der Waals surface area contributed by atoms with Crippen LogP contribution in [0.4, 0.5) is 0 Å². The largest absolute Gasteiger partial charge is 0.379 e. The molecule has 1 N–H and O–H groups in total. The number of carbonyl (C=O) groups is 1. The average molecular weight is 213 g/mol. The quantitative estimate of drug-likeness (QED) is 0.686. The fraction of sp³-hybridized carbons (Fsp3) is 0.750. The van der Waals surface area contributed by atoms with Crippen molar-refractivity contribution in [3.63, 3.8) is 0 Å². The molecule has 3 heteroatoms. The smallest absolute Gasteiger partial charge is 0.244 e. The second-order valence-electron chi connectivity index (χ2n) is 4.56. The van der Waals surface area contributed by atoms with Crippen molar-refractivity contribution in [3.8, 4) is 0 Å². The van der Waals surface area contributed by atoms with Gasteiger partial charge in [-0.1, -0.05) is 19.4 Å². The first-order valence-corrected chi connectivity index (χ1v) is 5.45. The van der Waals surface area contributed by atoms with Crippen molar-refractivity contribution in [3.05, 3.63) is 11.6 Å². The molecule has 0 aliphatic carbocycles. The fourth-order valence-electron chi connectivity index (χ4n) is 1.07. The summed E-state index contributed by atoms with van der Waals surface area (Å²) in [4.78, 5) is 11.3. The van der Waals surface area contributed by atoms with Gasteiger partial charge >= 0.3 is 0 Å². The molecule has 1 atom stereocenters. The molecule has 0 fully saturated rings. The van der Waals surface area contributed by atoms with Crippen LogP contribution < -0.4 is 5.32 Å². The topological polar surface area (TPSA) is 38.3 Å². The zero-order chi connectivity index (χ0) is 11.8. The van der Waals surface area contributed by atoms with Crippen LogP contribution in [0.2, 0.25) is 0 Å². The molecule has 0 saturated heterocycles. The van der Waals surface area contributed by atoms with Crippen LogP contribution in [0.25, 0.3) is 0 Å². The maximum absolute atomic E-state index is 11.3. The molecule has 0 aromatic rings. The lowest BCUT2D eigenvalue weighted by atomic mass is 10.2. The van der Waals surface area contributed by atoms with Crippen molar-refractivity contribution in [1.82, 2.24) is 5.32 Å². The summed E-state index contributed by atoms with van der Waals surface area (Å²) in [6, 6.07) is 0.0619. The lowest BCUT2D eigenvalue weighted by Crippen LogP contribution is -2.35. The van der Waals surface area contributed by atoms with Crippen molar-refractivity contribution in [2.75, 3.05) is 13.2 Å². The summed E-state index contributed by atoms with van der Waals surface area (Å²) in [5.74, 6) is 0.487. The Labute approximate surface area is 92.9 Å². The Bertz CT molecular complexity index is 218. The summed E-state index contributed by atoms with van der Waals surface area (Å²) in [5, 5.41) is 2.84. The van der Waals surface area contributed by atoms with E-state index in [1.165, 1.54) is 0 Å². The molecule has 1 amide bonds. The summed E-state index contributed by atoms with van der Waals surface area (Å²) < 4.78 is 5.43. The van der Waals surface area contributed by atoms with Gasteiger partial charge in [0.1, 0.15) is 0 Å². The SMILES string of the molecule is CC(C)=CC(=O)NC(C)COCC(C)C. The predicted molar refractivity (Wildman–Crippen MR) is 62.7 cm³/mol. The van der Waals surface area contributed by atoms with E-state index in [9.17, 15) is 4.79 Å². The molecule has 0 heterocycles. The summed E-state index contributed by atoms with van der Waals surface area (Å²) in [6.07, 6.45) is 1.60. The number of hydrogen-bond acceptors (Lipinski definition) is 2. The van der Waals surface area contributed by atoms with Crippen LogP contribution in [0.15, 0.2) is 11.6 Å². The minimum Gasteiger partial charge on any atom is -0.379 e. The van der Waals surface area contributed by atoms with Gasteiger partial charge in [0.2, 0.25) is 5.91 Å². The lowest BCUT2D eigenvalue weighted by Gasteiger charge is -2.14. The molecule has 0 aliphatic heterocycles. The average Bonchev–Trinajstić information content (AvgIpc) is 2.00. The van der Waals surface area contributed by atoms with Gasteiger partial charge in [-0.05, 0) is 26.7 Å². The molecule has 0 rings (SSSR count). The van der Waals surface area contributed by atoms with Crippen LogP contribution in [-0.2, 0) is 9.53 Å². The second kappa shape index (κ2) is 7.46. The summed E-state index contributed by atoms with van der Waals surface area (Å²) in [5.41, 5.74) is 1.00. The summed E-state index contributed by atoms with van der Waals surface area (Å²) >= 11 is 0. The van der Waals surface area contributed by atoms with Crippen LogP contribution in [0.5, 0.6) is 0 Å². The molecule has 15 heavy (non-hydrogen) atoms. The normalized spacial score (nSPS) is 12.4. The first kappa shape index (κ1) is 14.2. The van der Waals surface area contributed by atoms with Gasteiger partial charge in [-0.3, -0.25) is 4.79 Å². The molecule has 88 valence electrons. The van der Waals surface area contributed by atoms with E-state index in [-0.39, 0.29) is 11.9 Å². The molecule has 0 aromatic heterocycles. The Kier molecular flexibility index (Phi) is 7.05. The summed E-state index contributed by atoms with van der Waals surface area (Å²) in [6.45, 7) is 11.3. The number of rotatable bonds is 6. The highest BCUT2D eigenvalue weighted by molar-refractivity contribution is 5.88. The lowest BCUT2D eigenvalue weighted by molar-refractivity contribution is -0.117. The highest BCUT2D eigenvalue weighted by Gasteiger charge is 2.05. The molecule has 0 radical (unpaired) electrons. The van der Waals surface area contributed by atoms with E-state index >= 15 is 0 Å². The third kappa shape index (κ3) is 9.47. The van der Waals surface area contributed by atoms with E-state index in [1.807, 2.05) is 20.8 Å². The zero-order valence-electron chi connectivity index (χ0n) is 10.5. The van der Waals surface area contributed by atoms with Gasteiger partial charge in [0.05, 0.1) is 6.61 Å². The minimum atomic E-state index is -0.0457. The molecule has 0 bridgehead atoms. The summed E-state index contributed by atoms with van der Waals surface area (Å²) in [7, 11) is 0. The number of ether oxygens (including phenoxy) is 1. The zero-order valence-corrected chi connectivity index (χ0v) is 10.5. The highest BCUT2D eigenvalue weighted by atomic mass is 16.5. The number of amides is 1. The molecule has 3 nitrogen and oxygen atoms in total. The van der Waals surface area contributed by atoms with Gasteiger partial charge in [-0.15, -0.1) is 0 Å². The number of hydrogen-bond donors (Lipinski definition) is 1. The van der Waals surface area contributed by atoms with Gasteiger partial charge in [0.15, 0.2) is 0 Å². The predicted octanol–water partition coefficient (Wildman–Crippen LogP) is 2.13. The molecule has 0 saturated carbocycles. The van der Waals surface area contributed by atoms with E-state index in [4.69, 9.17) is 4.74 Å². The van der Waals surface area contributed by atoms with Gasteiger partial charge in [0, 0.05) is 18.7 Å². The van der Waals surface area contributed by atoms with Crippen molar-refractivity contribution < 1.29 is 9.53 Å². The van der Waals surface area contributed by atoms with Crippen molar-refractivity contribution in [1.29, 1.82) is 0 Å². The van der Waals surface area contributed by atoms with Crippen LogP contribution >= 0.6 is 0 Å². The number of allylic oxidation sites excluding steroid dienone is 1. The van der Waals surface area contributed by atoms with Crippen LogP contribution in [0, 0.1) is 5.92 Å². The maximum atomic E-state index is 11.3. The van der Waals surface area contributed by atoms with E-state index in [0.717, 1.165) is 12.2 Å². The first-order valence-electron chi connectivity index (χ1n) is 5.45. The van der Waals surface area contributed by atoms with Gasteiger partial charge in [0.25, 0.3) is 0 Å². The third-order valence-corrected chi connectivity index (χ3v) is 1.63. The molecule has 0 aliphatic rings. The van der Waals surface area contributed by atoms with Crippen molar-refractivity contribution >= 4 is 5.91 Å². The molecular formula is C12H23NO2. The monoisotopic (exact) mass is 213 g/mol. The fourth-order valence-corrected chi connectivity index (χ4v) is 1.07. The van der Waals surface area contributed by atoms with Gasteiger partial charge in [-0.25, -0.2) is 0 Å². The van der Waals surface area contributed by atoms with Gasteiger partial charge < -0.3 is 10.1 Å². The molecule has 1 unspecified atom stereocenters. The Morgan fingerprint density at radius 3 is 2.33 bits per heavy atom. The first-order chi connectivity index (χ1) is 6.91. The Morgan fingerprint density at radius 1 is 1.27 bits per heavy atom.